The summed E-state index contributed by atoms with van der Waals surface area (Å²) in [5.41, 5.74) is 3.04. The molecule has 3 amide bonds. The smallest absolute Gasteiger partial charge is 0.254 e. The van der Waals surface area contributed by atoms with Gasteiger partial charge in [0.25, 0.3) is 5.91 Å². The first-order valence-corrected chi connectivity index (χ1v) is 19.1. The molecule has 2 aromatic rings. The maximum Gasteiger partial charge on any atom is 0.254 e. The molecule has 2 unspecified atom stereocenters. The van der Waals surface area contributed by atoms with Crippen LogP contribution in [0.15, 0.2) is 41.6 Å². The number of aryl methyl sites for hydroxylation is 1. The van der Waals surface area contributed by atoms with Crippen molar-refractivity contribution in [1.82, 2.24) is 19.6 Å². The Morgan fingerprint density at radius 1 is 0.980 bits per heavy atom. The molecule has 3 aliphatic heterocycles. The molecule has 0 bridgehead atoms. The van der Waals surface area contributed by atoms with E-state index in [1.165, 1.54) is 7.11 Å². The Morgan fingerprint density at radius 2 is 1.67 bits per heavy atom. The second-order valence-electron chi connectivity index (χ2n) is 14.2. The summed E-state index contributed by atoms with van der Waals surface area (Å²) in [4.78, 5) is 53.2. The fraction of sp³-hybridized carbons (Fsp3) is 0.579. The van der Waals surface area contributed by atoms with Crippen LogP contribution in [0, 0.1) is 12.8 Å². The molecule has 0 saturated carbocycles. The molecule has 5 rings (SSSR count). The average Bonchev–Trinajstić information content (AvgIpc) is 3.10. The number of aliphatic hydroxyl groups excluding tert-OH is 1. The first-order valence-electron chi connectivity index (χ1n) is 18.0. The van der Waals surface area contributed by atoms with Gasteiger partial charge in [0, 0.05) is 84.7 Å². The van der Waals surface area contributed by atoms with Crippen molar-refractivity contribution in [1.29, 1.82) is 0 Å². The molecule has 2 aromatic carbocycles. The highest BCUT2D eigenvalue weighted by atomic mass is 35.5. The van der Waals surface area contributed by atoms with E-state index < -0.39 is 0 Å². The van der Waals surface area contributed by atoms with Crippen LogP contribution in [0.5, 0.6) is 0 Å². The van der Waals surface area contributed by atoms with Crippen molar-refractivity contribution in [2.45, 2.75) is 76.4 Å². The summed E-state index contributed by atoms with van der Waals surface area (Å²) in [5, 5.41) is 15.7. The Bertz CT molecular complexity index is 1550. The zero-order valence-corrected chi connectivity index (χ0v) is 32.1. The lowest BCUT2D eigenvalue weighted by molar-refractivity contribution is -0.147. The highest BCUT2D eigenvalue weighted by Gasteiger charge is 2.37. The molecule has 51 heavy (non-hydrogen) atoms. The lowest BCUT2D eigenvalue weighted by Gasteiger charge is -2.42. The standard InChI is InChI=1S/C38H50Cl3N5O5/c1-25-6-7-26(21-34(25)41)33(35(42-51-3)24-43(2)37(49)28-19-29(39)23-30(40)20-28)12-16-44-14-8-31(9-15-44)46-13-4-5-27(38(46)50)22-36(48)45-17-10-32(47)11-18-45/h6-7,19-21,23,27,31-33,47H,4-5,8-18,22,24H2,1-3H3/b42-35+. The second kappa shape index (κ2) is 18.2. The normalized spacial score (nSPS) is 20.4. The van der Waals surface area contributed by atoms with E-state index in [1.54, 1.807) is 30.1 Å². The van der Waals surface area contributed by atoms with Gasteiger partial charge in [-0.3, -0.25) is 14.4 Å². The van der Waals surface area contributed by atoms with Gasteiger partial charge in [-0.1, -0.05) is 52.1 Å². The Kier molecular flexibility index (Phi) is 14.1. The maximum absolute atomic E-state index is 13.6. The van der Waals surface area contributed by atoms with E-state index in [9.17, 15) is 19.5 Å². The molecular formula is C38H50Cl3N5O5. The summed E-state index contributed by atoms with van der Waals surface area (Å²) in [6, 6.07) is 11.0. The van der Waals surface area contributed by atoms with Crippen molar-refractivity contribution in [3.8, 4) is 0 Å². The maximum atomic E-state index is 13.6. The average molecular weight is 763 g/mol. The van der Waals surface area contributed by atoms with E-state index in [0.29, 0.717) is 52.3 Å². The van der Waals surface area contributed by atoms with E-state index in [4.69, 9.17) is 39.6 Å². The van der Waals surface area contributed by atoms with Gasteiger partial charge in [0.1, 0.15) is 7.11 Å². The third-order valence-corrected chi connectivity index (χ3v) is 11.5. The summed E-state index contributed by atoms with van der Waals surface area (Å²) in [6.45, 7) is 6.52. The topological polar surface area (TPSA) is 106 Å². The van der Waals surface area contributed by atoms with Crippen LogP contribution in [-0.4, -0.2) is 120 Å². The van der Waals surface area contributed by atoms with Gasteiger partial charge in [-0.2, -0.15) is 0 Å². The molecule has 3 heterocycles. The first kappa shape index (κ1) is 39.3. The van der Waals surface area contributed by atoms with Crippen LogP contribution in [0.2, 0.25) is 15.1 Å². The number of benzene rings is 2. The minimum atomic E-state index is -0.336. The van der Waals surface area contributed by atoms with Gasteiger partial charge in [0.15, 0.2) is 0 Å². The molecule has 0 radical (unpaired) electrons. The fourth-order valence-electron chi connectivity index (χ4n) is 7.63. The van der Waals surface area contributed by atoms with E-state index in [2.05, 4.69) is 16.1 Å². The van der Waals surface area contributed by atoms with Gasteiger partial charge in [0.05, 0.1) is 18.4 Å². The van der Waals surface area contributed by atoms with Gasteiger partial charge in [0.2, 0.25) is 11.8 Å². The molecule has 3 aliphatic rings. The number of nitrogens with zero attached hydrogens (tertiary/aromatic N) is 5. The van der Waals surface area contributed by atoms with E-state index >= 15 is 0 Å². The molecule has 2 atom stereocenters. The van der Waals surface area contributed by atoms with Crippen LogP contribution in [0.1, 0.15) is 78.8 Å². The van der Waals surface area contributed by atoms with E-state index in [1.807, 2.05) is 28.9 Å². The number of hydrogen-bond acceptors (Lipinski definition) is 7. The number of oxime groups is 1. The molecule has 13 heteroatoms. The predicted octanol–water partition coefficient (Wildman–Crippen LogP) is 6.28. The molecule has 278 valence electrons. The van der Waals surface area contributed by atoms with Crippen LogP contribution in [-0.2, 0) is 14.4 Å². The van der Waals surface area contributed by atoms with Crippen molar-refractivity contribution < 1.29 is 24.3 Å². The number of piperidine rings is 3. The molecule has 3 fully saturated rings. The van der Waals surface area contributed by atoms with Crippen molar-refractivity contribution in [2.24, 2.45) is 11.1 Å². The van der Waals surface area contributed by atoms with Crippen LogP contribution >= 0.6 is 34.8 Å². The van der Waals surface area contributed by atoms with Crippen molar-refractivity contribution in [2.75, 3.05) is 60.0 Å². The summed E-state index contributed by atoms with van der Waals surface area (Å²) in [5.74, 6) is -0.541. The zero-order valence-electron chi connectivity index (χ0n) is 29.8. The number of halogens is 3. The summed E-state index contributed by atoms with van der Waals surface area (Å²) in [6.07, 6.45) is 5.25. The lowest BCUT2D eigenvalue weighted by atomic mass is 9.88. The van der Waals surface area contributed by atoms with Crippen molar-refractivity contribution in [3.63, 3.8) is 0 Å². The first-order chi connectivity index (χ1) is 24.4. The molecule has 0 spiro atoms. The minimum absolute atomic E-state index is 0.0298. The Morgan fingerprint density at radius 3 is 2.31 bits per heavy atom. The van der Waals surface area contributed by atoms with Gasteiger partial charge in [-0.15, -0.1) is 0 Å². The molecule has 10 nitrogen and oxygen atoms in total. The van der Waals surface area contributed by atoms with Crippen LogP contribution in [0.25, 0.3) is 0 Å². The third kappa shape index (κ3) is 10.4. The lowest BCUT2D eigenvalue weighted by Crippen LogP contribution is -2.52. The molecule has 1 N–H and O–H groups in total. The van der Waals surface area contributed by atoms with E-state index in [0.717, 1.165) is 69.4 Å². The van der Waals surface area contributed by atoms with E-state index in [-0.39, 0.29) is 54.7 Å². The Balaban J connectivity index is 1.21. The van der Waals surface area contributed by atoms with Gasteiger partial charge in [-0.05, 0) is 93.8 Å². The van der Waals surface area contributed by atoms with Crippen molar-refractivity contribution >= 4 is 58.2 Å². The molecule has 0 aromatic heterocycles. The zero-order chi connectivity index (χ0) is 36.7. The molecular weight excluding hydrogens is 713 g/mol. The largest absolute Gasteiger partial charge is 0.399 e. The molecule has 0 aliphatic carbocycles. The Labute approximate surface area is 316 Å². The number of aliphatic hydroxyl groups is 1. The second-order valence-corrected chi connectivity index (χ2v) is 15.5. The number of hydrogen-bond donors (Lipinski definition) is 1. The van der Waals surface area contributed by atoms with Gasteiger partial charge in [-0.25, -0.2) is 0 Å². The van der Waals surface area contributed by atoms with Gasteiger partial charge < -0.3 is 29.5 Å². The highest BCUT2D eigenvalue weighted by Crippen LogP contribution is 2.31. The monoisotopic (exact) mass is 761 g/mol. The number of amides is 3. The predicted molar refractivity (Wildman–Crippen MR) is 202 cm³/mol. The number of rotatable bonds is 12. The fourth-order valence-corrected chi connectivity index (χ4v) is 8.35. The van der Waals surface area contributed by atoms with Gasteiger partial charge >= 0.3 is 0 Å². The Hall–Kier alpha value is -2.89. The van der Waals surface area contributed by atoms with Crippen molar-refractivity contribution in [3.05, 3.63) is 68.2 Å². The van der Waals surface area contributed by atoms with Crippen LogP contribution in [0.4, 0.5) is 0 Å². The van der Waals surface area contributed by atoms with Crippen LogP contribution in [0.3, 0.4) is 0 Å². The molecule has 3 saturated heterocycles. The number of carbonyl (C=O) groups is 3. The third-order valence-electron chi connectivity index (χ3n) is 10.6. The number of carbonyl (C=O) groups excluding carboxylic acids is 3. The minimum Gasteiger partial charge on any atom is -0.399 e. The SMILES string of the molecule is CO/N=C(\CN(C)C(=O)c1cc(Cl)cc(Cl)c1)C(CCN1CCC(N2CCCC(CC(=O)N3CCC(O)CC3)C2=O)CC1)c1ccc(C)c(Cl)c1. The highest BCUT2D eigenvalue weighted by molar-refractivity contribution is 6.35. The van der Waals surface area contributed by atoms with Crippen LogP contribution < -0.4 is 0 Å². The number of likely N-dealkylation sites (tertiary alicyclic amines) is 3. The summed E-state index contributed by atoms with van der Waals surface area (Å²) in [7, 11) is 3.22. The quantitative estimate of drug-likeness (QED) is 0.202. The summed E-state index contributed by atoms with van der Waals surface area (Å²) >= 11 is 19.0. The summed E-state index contributed by atoms with van der Waals surface area (Å²) < 4.78 is 0.